The van der Waals surface area contributed by atoms with Crippen molar-refractivity contribution < 1.29 is 19.5 Å². The van der Waals surface area contributed by atoms with Crippen molar-refractivity contribution in [3.8, 4) is 0 Å². The molecule has 0 bridgehead atoms. The molecule has 120 valence electrons. The van der Waals surface area contributed by atoms with Crippen LogP contribution in [-0.2, 0) is 14.4 Å². The molecule has 1 rings (SSSR count). The van der Waals surface area contributed by atoms with Crippen molar-refractivity contribution in [1.82, 2.24) is 15.5 Å². The van der Waals surface area contributed by atoms with E-state index >= 15 is 0 Å². The van der Waals surface area contributed by atoms with Crippen LogP contribution < -0.4 is 10.6 Å². The maximum absolute atomic E-state index is 12.0. The van der Waals surface area contributed by atoms with Gasteiger partial charge in [0.1, 0.15) is 6.04 Å². The Morgan fingerprint density at radius 2 is 2.19 bits per heavy atom. The number of rotatable bonds is 8. The SMILES string of the molecule is CCCCCC(C)NC(=O)CN1CC(=O)NCC1C(=O)O. The van der Waals surface area contributed by atoms with Gasteiger partial charge < -0.3 is 15.7 Å². The first-order chi connectivity index (χ1) is 9.93. The second-order valence-corrected chi connectivity index (χ2v) is 5.53. The maximum Gasteiger partial charge on any atom is 0.322 e. The van der Waals surface area contributed by atoms with E-state index in [9.17, 15) is 14.4 Å². The topological polar surface area (TPSA) is 98.7 Å². The van der Waals surface area contributed by atoms with E-state index in [2.05, 4.69) is 17.6 Å². The number of hydrogen-bond acceptors (Lipinski definition) is 4. The zero-order valence-electron chi connectivity index (χ0n) is 12.7. The van der Waals surface area contributed by atoms with Crippen molar-refractivity contribution in [2.24, 2.45) is 0 Å². The van der Waals surface area contributed by atoms with Gasteiger partial charge in [-0.2, -0.15) is 0 Å². The average Bonchev–Trinajstić information content (AvgIpc) is 2.38. The fourth-order valence-electron chi connectivity index (χ4n) is 2.38. The first-order valence-corrected chi connectivity index (χ1v) is 7.47. The van der Waals surface area contributed by atoms with Crippen molar-refractivity contribution in [3.63, 3.8) is 0 Å². The molecule has 1 aliphatic rings. The molecule has 0 aromatic rings. The Kier molecular flexibility index (Phi) is 7.14. The Bertz CT molecular complexity index is 386. The highest BCUT2D eigenvalue weighted by Crippen LogP contribution is 2.05. The minimum Gasteiger partial charge on any atom is -0.480 e. The fraction of sp³-hybridized carbons (Fsp3) is 0.786. The van der Waals surface area contributed by atoms with Crippen molar-refractivity contribution >= 4 is 17.8 Å². The van der Waals surface area contributed by atoms with Crippen molar-refractivity contribution in [1.29, 1.82) is 0 Å². The predicted molar refractivity (Wildman–Crippen MR) is 77.8 cm³/mol. The van der Waals surface area contributed by atoms with Crippen LogP contribution >= 0.6 is 0 Å². The predicted octanol–water partition coefficient (Wildman–Crippen LogP) is -0.0436. The molecule has 0 aromatic heterocycles. The number of carboxylic acid groups (broad SMARTS) is 1. The molecule has 2 unspecified atom stereocenters. The summed E-state index contributed by atoms with van der Waals surface area (Å²) in [6.07, 6.45) is 4.22. The van der Waals surface area contributed by atoms with Gasteiger partial charge in [0.15, 0.2) is 0 Å². The summed E-state index contributed by atoms with van der Waals surface area (Å²) in [6.45, 7) is 3.96. The third-order valence-electron chi connectivity index (χ3n) is 3.56. The molecule has 1 heterocycles. The molecule has 0 aromatic carbocycles. The van der Waals surface area contributed by atoms with Gasteiger partial charge >= 0.3 is 5.97 Å². The quantitative estimate of drug-likeness (QED) is 0.546. The molecular formula is C14H25N3O4. The van der Waals surface area contributed by atoms with Crippen LogP contribution in [0.4, 0.5) is 0 Å². The van der Waals surface area contributed by atoms with Crippen LogP contribution in [0.5, 0.6) is 0 Å². The minimum atomic E-state index is -1.03. The van der Waals surface area contributed by atoms with Crippen LogP contribution in [0.1, 0.15) is 39.5 Å². The lowest BCUT2D eigenvalue weighted by molar-refractivity contribution is -0.146. The molecule has 1 aliphatic heterocycles. The Labute approximate surface area is 125 Å². The van der Waals surface area contributed by atoms with E-state index in [0.29, 0.717) is 0 Å². The second-order valence-electron chi connectivity index (χ2n) is 5.53. The molecule has 0 saturated carbocycles. The van der Waals surface area contributed by atoms with Gasteiger partial charge in [0.25, 0.3) is 0 Å². The Morgan fingerprint density at radius 1 is 1.48 bits per heavy atom. The van der Waals surface area contributed by atoms with E-state index in [-0.39, 0.29) is 37.5 Å². The van der Waals surface area contributed by atoms with Crippen LogP contribution in [0.2, 0.25) is 0 Å². The van der Waals surface area contributed by atoms with Gasteiger partial charge in [0, 0.05) is 12.6 Å². The number of nitrogens with one attached hydrogen (secondary N) is 2. The summed E-state index contributed by atoms with van der Waals surface area (Å²) in [7, 11) is 0. The third-order valence-corrected chi connectivity index (χ3v) is 3.56. The average molecular weight is 299 g/mol. The number of aliphatic carboxylic acids is 1. The van der Waals surface area contributed by atoms with E-state index in [4.69, 9.17) is 5.11 Å². The summed E-state index contributed by atoms with van der Waals surface area (Å²) in [5.74, 6) is -1.52. The Balaban J connectivity index is 2.43. The molecule has 0 spiro atoms. The molecule has 7 nitrogen and oxygen atoms in total. The lowest BCUT2D eigenvalue weighted by Gasteiger charge is -2.32. The number of carboxylic acids is 1. The van der Waals surface area contributed by atoms with Crippen molar-refractivity contribution in [3.05, 3.63) is 0 Å². The van der Waals surface area contributed by atoms with Crippen molar-refractivity contribution in [2.45, 2.75) is 51.6 Å². The molecule has 2 amide bonds. The molecule has 1 saturated heterocycles. The molecule has 21 heavy (non-hydrogen) atoms. The van der Waals surface area contributed by atoms with Crippen molar-refractivity contribution in [2.75, 3.05) is 19.6 Å². The monoisotopic (exact) mass is 299 g/mol. The lowest BCUT2D eigenvalue weighted by Crippen LogP contribution is -2.59. The fourth-order valence-corrected chi connectivity index (χ4v) is 2.38. The zero-order chi connectivity index (χ0) is 15.8. The summed E-state index contributed by atoms with van der Waals surface area (Å²) in [4.78, 5) is 35.8. The highest BCUT2D eigenvalue weighted by molar-refractivity contribution is 5.85. The van der Waals surface area contributed by atoms with Crippen LogP contribution in [-0.4, -0.2) is 59.5 Å². The Morgan fingerprint density at radius 3 is 2.81 bits per heavy atom. The smallest absolute Gasteiger partial charge is 0.322 e. The zero-order valence-corrected chi connectivity index (χ0v) is 12.7. The van der Waals surface area contributed by atoms with Gasteiger partial charge in [0.05, 0.1) is 13.1 Å². The number of unbranched alkanes of at least 4 members (excludes halogenated alkanes) is 2. The van der Waals surface area contributed by atoms with Crippen LogP contribution in [0.15, 0.2) is 0 Å². The Hall–Kier alpha value is -1.63. The largest absolute Gasteiger partial charge is 0.480 e. The third kappa shape index (κ3) is 6.12. The van der Waals surface area contributed by atoms with E-state index in [0.717, 1.165) is 25.7 Å². The number of piperazine rings is 1. The maximum atomic E-state index is 12.0. The highest BCUT2D eigenvalue weighted by Gasteiger charge is 2.33. The highest BCUT2D eigenvalue weighted by atomic mass is 16.4. The molecule has 7 heteroatoms. The molecule has 3 N–H and O–H groups in total. The lowest BCUT2D eigenvalue weighted by atomic mass is 10.1. The van der Waals surface area contributed by atoms with Gasteiger partial charge in [-0.3, -0.25) is 19.3 Å². The van der Waals surface area contributed by atoms with Gasteiger partial charge in [-0.1, -0.05) is 26.2 Å². The molecule has 0 aliphatic carbocycles. The number of carbonyl (C=O) groups excluding carboxylic acids is 2. The number of hydrogen-bond donors (Lipinski definition) is 3. The number of carbonyl (C=O) groups is 3. The van der Waals surface area contributed by atoms with E-state index in [1.165, 1.54) is 4.90 Å². The van der Waals surface area contributed by atoms with Gasteiger partial charge in [-0.25, -0.2) is 0 Å². The molecule has 1 fully saturated rings. The molecular weight excluding hydrogens is 274 g/mol. The van der Waals surface area contributed by atoms with Crippen LogP contribution in [0.3, 0.4) is 0 Å². The van der Waals surface area contributed by atoms with E-state index in [1.807, 2.05) is 6.92 Å². The van der Waals surface area contributed by atoms with E-state index < -0.39 is 12.0 Å². The molecule has 0 radical (unpaired) electrons. The molecule has 2 atom stereocenters. The van der Waals surface area contributed by atoms with Crippen LogP contribution in [0, 0.1) is 0 Å². The van der Waals surface area contributed by atoms with Gasteiger partial charge in [0.2, 0.25) is 11.8 Å². The summed E-state index contributed by atoms with van der Waals surface area (Å²) >= 11 is 0. The summed E-state index contributed by atoms with van der Waals surface area (Å²) in [5.41, 5.74) is 0. The minimum absolute atomic E-state index is 0.0352. The standard InChI is InChI=1S/C14H25N3O4/c1-3-4-5-6-10(2)16-13(19)9-17-8-12(18)15-7-11(17)14(20)21/h10-11H,3-9H2,1-2H3,(H,15,18)(H,16,19)(H,20,21). The summed E-state index contributed by atoms with van der Waals surface area (Å²) in [6, 6.07) is -0.783. The van der Waals surface area contributed by atoms with Crippen LogP contribution in [0.25, 0.3) is 0 Å². The normalized spacial score (nSPS) is 20.7. The first kappa shape index (κ1) is 17.4. The van der Waals surface area contributed by atoms with E-state index in [1.54, 1.807) is 0 Å². The summed E-state index contributed by atoms with van der Waals surface area (Å²) < 4.78 is 0. The number of amides is 2. The second kappa shape index (κ2) is 8.61. The van der Waals surface area contributed by atoms with Gasteiger partial charge in [-0.05, 0) is 13.3 Å². The van der Waals surface area contributed by atoms with Gasteiger partial charge in [-0.15, -0.1) is 0 Å². The summed E-state index contributed by atoms with van der Waals surface area (Å²) in [5, 5.41) is 14.5. The first-order valence-electron chi connectivity index (χ1n) is 7.47. The number of nitrogens with zero attached hydrogens (tertiary/aromatic N) is 1.